The Morgan fingerprint density at radius 1 is 0.968 bits per heavy atom. The van der Waals surface area contributed by atoms with E-state index in [-0.39, 0.29) is 31.6 Å². The maximum atomic E-state index is 12.8. The Labute approximate surface area is 185 Å². The van der Waals surface area contributed by atoms with E-state index in [1.54, 1.807) is 16.0 Å². The minimum Gasteiger partial charge on any atom is -0.460 e. The number of carbonyl (C=O) groups excluding carboxylic acids is 2. The van der Waals surface area contributed by atoms with E-state index in [2.05, 4.69) is 10.00 Å². The Balaban J connectivity index is 1.23. The number of rotatable bonds is 7. The molecule has 1 amide bonds. The summed E-state index contributed by atoms with van der Waals surface area (Å²) >= 11 is 1.63. The van der Waals surface area contributed by atoms with Crippen LogP contribution in [-0.2, 0) is 27.5 Å². The maximum Gasteiger partial charge on any atom is 0.320 e. The Morgan fingerprint density at radius 2 is 1.84 bits per heavy atom. The molecule has 162 valence electrons. The number of carbonyl (C=O) groups is 2. The molecule has 31 heavy (non-hydrogen) atoms. The molecule has 1 aromatic carbocycles. The summed E-state index contributed by atoms with van der Waals surface area (Å²) in [6.45, 7) is 3.48. The number of aromatic nitrogens is 2. The van der Waals surface area contributed by atoms with Gasteiger partial charge in [0.05, 0.1) is 11.4 Å². The third-order valence-electron chi connectivity index (χ3n) is 5.25. The normalized spacial score (nSPS) is 14.9. The van der Waals surface area contributed by atoms with Crippen molar-refractivity contribution >= 4 is 23.2 Å². The Kier molecular flexibility index (Phi) is 7.11. The Morgan fingerprint density at radius 3 is 2.65 bits per heavy atom. The third-order valence-corrected chi connectivity index (χ3v) is 6.14. The molecule has 7 nitrogen and oxygen atoms in total. The molecule has 0 spiro atoms. The van der Waals surface area contributed by atoms with Crippen LogP contribution in [0.5, 0.6) is 0 Å². The number of nitrogens with zero attached hydrogens (tertiary/aromatic N) is 4. The summed E-state index contributed by atoms with van der Waals surface area (Å²) < 4.78 is 7.08. The molecule has 3 aromatic rings. The number of ether oxygens (including phenoxy) is 1. The van der Waals surface area contributed by atoms with E-state index < -0.39 is 0 Å². The minimum atomic E-state index is -0.235. The lowest BCUT2D eigenvalue weighted by Gasteiger charge is -2.21. The summed E-state index contributed by atoms with van der Waals surface area (Å²) in [6, 6.07) is 15.6. The van der Waals surface area contributed by atoms with E-state index in [1.165, 1.54) is 0 Å². The second kappa shape index (κ2) is 10.4. The third kappa shape index (κ3) is 6.02. The number of hydrogen-bond donors (Lipinski definition) is 0. The summed E-state index contributed by atoms with van der Waals surface area (Å²) in [6.07, 6.45) is 2.68. The first kappa shape index (κ1) is 21.3. The highest BCUT2D eigenvalue weighted by Crippen LogP contribution is 2.22. The van der Waals surface area contributed by atoms with Gasteiger partial charge in [-0.25, -0.2) is 0 Å². The van der Waals surface area contributed by atoms with Gasteiger partial charge < -0.3 is 9.64 Å². The molecular weight excluding hydrogens is 412 g/mol. The van der Waals surface area contributed by atoms with Crippen LogP contribution in [0.1, 0.15) is 12.0 Å². The van der Waals surface area contributed by atoms with Gasteiger partial charge >= 0.3 is 5.97 Å². The molecule has 0 bridgehead atoms. The number of benzene rings is 1. The van der Waals surface area contributed by atoms with Crippen LogP contribution in [-0.4, -0.2) is 64.2 Å². The molecule has 0 radical (unpaired) electrons. The van der Waals surface area contributed by atoms with Gasteiger partial charge in [0.2, 0.25) is 5.91 Å². The molecule has 1 fully saturated rings. The predicted octanol–water partition coefficient (Wildman–Crippen LogP) is 2.89. The van der Waals surface area contributed by atoms with Gasteiger partial charge in [-0.1, -0.05) is 36.4 Å². The topological polar surface area (TPSA) is 67.7 Å². The van der Waals surface area contributed by atoms with Crippen molar-refractivity contribution in [2.45, 2.75) is 19.6 Å². The molecule has 2 aromatic heterocycles. The van der Waals surface area contributed by atoms with Gasteiger partial charge in [0, 0.05) is 32.4 Å². The van der Waals surface area contributed by atoms with Crippen LogP contribution in [0.4, 0.5) is 0 Å². The van der Waals surface area contributed by atoms with Crippen molar-refractivity contribution < 1.29 is 14.3 Å². The average Bonchev–Trinajstić information content (AvgIpc) is 3.42. The van der Waals surface area contributed by atoms with Gasteiger partial charge in [-0.2, -0.15) is 5.10 Å². The highest BCUT2D eigenvalue weighted by Gasteiger charge is 2.21. The molecule has 8 heteroatoms. The van der Waals surface area contributed by atoms with E-state index in [4.69, 9.17) is 4.74 Å². The SMILES string of the molecule is O=C(CN1CCCN(C(=O)Cn2ccc(-c3cccs3)n2)CC1)OCc1ccccc1. The van der Waals surface area contributed by atoms with E-state index in [9.17, 15) is 9.59 Å². The second-order valence-corrected chi connectivity index (χ2v) is 8.48. The smallest absolute Gasteiger partial charge is 0.320 e. The molecule has 0 aliphatic carbocycles. The van der Waals surface area contributed by atoms with Gasteiger partial charge in [0.1, 0.15) is 18.8 Å². The first-order chi connectivity index (χ1) is 15.2. The molecule has 4 rings (SSSR count). The number of esters is 1. The summed E-state index contributed by atoms with van der Waals surface area (Å²) in [7, 11) is 0. The van der Waals surface area contributed by atoms with Crippen molar-refractivity contribution in [1.82, 2.24) is 19.6 Å². The molecule has 1 aliphatic rings. The van der Waals surface area contributed by atoms with E-state index in [1.807, 2.05) is 65.0 Å². The summed E-state index contributed by atoms with van der Waals surface area (Å²) in [5.41, 5.74) is 1.86. The highest BCUT2D eigenvalue weighted by atomic mass is 32.1. The molecule has 0 N–H and O–H groups in total. The lowest BCUT2D eigenvalue weighted by molar-refractivity contribution is -0.146. The fourth-order valence-electron chi connectivity index (χ4n) is 3.59. The predicted molar refractivity (Wildman–Crippen MR) is 119 cm³/mol. The van der Waals surface area contributed by atoms with Crippen molar-refractivity contribution in [3.63, 3.8) is 0 Å². The lowest BCUT2D eigenvalue weighted by Crippen LogP contribution is -2.38. The molecule has 0 atom stereocenters. The average molecular weight is 439 g/mol. The zero-order valence-electron chi connectivity index (χ0n) is 17.4. The quantitative estimate of drug-likeness (QED) is 0.531. The molecule has 3 heterocycles. The Hall–Kier alpha value is -2.97. The zero-order chi connectivity index (χ0) is 21.5. The number of amides is 1. The second-order valence-electron chi connectivity index (χ2n) is 7.53. The highest BCUT2D eigenvalue weighted by molar-refractivity contribution is 7.13. The van der Waals surface area contributed by atoms with Gasteiger partial charge in [0.25, 0.3) is 0 Å². The van der Waals surface area contributed by atoms with Crippen molar-refractivity contribution in [3.05, 3.63) is 65.7 Å². The van der Waals surface area contributed by atoms with Gasteiger partial charge in [-0.15, -0.1) is 11.3 Å². The first-order valence-electron chi connectivity index (χ1n) is 10.4. The summed E-state index contributed by atoms with van der Waals surface area (Å²) in [5.74, 6) is -0.185. The number of hydrogen-bond acceptors (Lipinski definition) is 6. The van der Waals surface area contributed by atoms with Crippen molar-refractivity contribution in [2.75, 3.05) is 32.7 Å². The van der Waals surface area contributed by atoms with Gasteiger partial charge in [-0.05, 0) is 29.5 Å². The largest absolute Gasteiger partial charge is 0.460 e. The van der Waals surface area contributed by atoms with Crippen LogP contribution in [0.15, 0.2) is 60.1 Å². The van der Waals surface area contributed by atoms with Gasteiger partial charge in [0.15, 0.2) is 0 Å². The van der Waals surface area contributed by atoms with Crippen LogP contribution in [0.25, 0.3) is 10.6 Å². The number of thiophene rings is 1. The van der Waals surface area contributed by atoms with Crippen LogP contribution >= 0.6 is 11.3 Å². The molecule has 0 unspecified atom stereocenters. The van der Waals surface area contributed by atoms with E-state index in [0.29, 0.717) is 19.6 Å². The van der Waals surface area contributed by atoms with E-state index in [0.717, 1.165) is 29.1 Å². The Bertz CT molecular complexity index is 987. The van der Waals surface area contributed by atoms with Crippen molar-refractivity contribution in [2.24, 2.45) is 0 Å². The van der Waals surface area contributed by atoms with Crippen LogP contribution in [0, 0.1) is 0 Å². The van der Waals surface area contributed by atoms with Crippen LogP contribution in [0.3, 0.4) is 0 Å². The molecule has 0 saturated carbocycles. The molecule has 1 aliphatic heterocycles. The summed E-state index contributed by atoms with van der Waals surface area (Å²) in [5, 5.41) is 6.53. The molecule has 1 saturated heterocycles. The fraction of sp³-hybridized carbons (Fsp3) is 0.348. The fourth-order valence-corrected chi connectivity index (χ4v) is 4.28. The zero-order valence-corrected chi connectivity index (χ0v) is 18.2. The maximum absolute atomic E-state index is 12.8. The minimum absolute atomic E-state index is 0.0503. The van der Waals surface area contributed by atoms with Gasteiger partial charge in [-0.3, -0.25) is 19.2 Å². The van der Waals surface area contributed by atoms with Crippen LogP contribution in [0.2, 0.25) is 0 Å². The summed E-state index contributed by atoms with van der Waals surface area (Å²) in [4.78, 5) is 30.0. The first-order valence-corrected chi connectivity index (χ1v) is 11.3. The lowest BCUT2D eigenvalue weighted by atomic mass is 10.2. The standard InChI is InChI=1S/C23H26N4O3S/c28-22(16-27-12-9-20(24-27)21-8-4-15-31-21)26-11-5-10-25(13-14-26)17-23(29)30-18-19-6-2-1-3-7-19/h1-4,6-9,12,15H,5,10-11,13-14,16-18H2. The van der Waals surface area contributed by atoms with Crippen LogP contribution < -0.4 is 0 Å². The van der Waals surface area contributed by atoms with E-state index >= 15 is 0 Å². The van der Waals surface area contributed by atoms with Crippen molar-refractivity contribution in [3.8, 4) is 10.6 Å². The molecular formula is C23H26N4O3S. The monoisotopic (exact) mass is 438 g/mol. The van der Waals surface area contributed by atoms with Crippen molar-refractivity contribution in [1.29, 1.82) is 0 Å².